The number of rotatable bonds is 3. The molecule has 0 saturated heterocycles. The summed E-state index contributed by atoms with van der Waals surface area (Å²) in [5.41, 5.74) is 3.99. The van der Waals surface area contributed by atoms with Crippen LogP contribution in [0.1, 0.15) is 38.0 Å². The summed E-state index contributed by atoms with van der Waals surface area (Å²) in [5.74, 6) is -1.27. The molecule has 0 spiro atoms. The van der Waals surface area contributed by atoms with E-state index in [1.807, 2.05) is 25.1 Å². The molecule has 1 amide bonds. The number of fused-ring (bicyclic) bond motifs is 1. The zero-order valence-corrected chi connectivity index (χ0v) is 16.0. The predicted molar refractivity (Wildman–Crippen MR) is 108 cm³/mol. The van der Waals surface area contributed by atoms with Crippen molar-refractivity contribution in [2.75, 3.05) is 5.32 Å². The van der Waals surface area contributed by atoms with Crippen molar-refractivity contribution in [3.63, 3.8) is 0 Å². The average molecular weight is 398 g/mol. The number of hydrogen-bond acceptors (Lipinski definition) is 3. The van der Waals surface area contributed by atoms with E-state index >= 15 is 0 Å². The Balaban J connectivity index is 1.94. The van der Waals surface area contributed by atoms with E-state index in [1.54, 1.807) is 24.3 Å². The number of aromatic carboxylic acids is 1. The molecule has 0 aliphatic carbocycles. The van der Waals surface area contributed by atoms with Crippen molar-refractivity contribution in [3.8, 4) is 11.1 Å². The topological polar surface area (TPSA) is 66.4 Å². The molecule has 4 rings (SSSR count). The number of benzene rings is 2. The number of aryl methyl sites for hydroxylation is 1. The van der Waals surface area contributed by atoms with Gasteiger partial charge in [-0.05, 0) is 30.2 Å². The molecule has 2 heterocycles. The van der Waals surface area contributed by atoms with Gasteiger partial charge in [0.15, 0.2) is 0 Å². The van der Waals surface area contributed by atoms with Crippen LogP contribution in [0.5, 0.6) is 0 Å². The summed E-state index contributed by atoms with van der Waals surface area (Å²) in [6, 6.07) is 15.0. The number of carbonyl (C=O) groups excluding carboxylic acids is 1. The van der Waals surface area contributed by atoms with Crippen LogP contribution in [0.25, 0.3) is 11.1 Å². The van der Waals surface area contributed by atoms with Gasteiger partial charge in [-0.25, -0.2) is 4.79 Å². The van der Waals surface area contributed by atoms with Gasteiger partial charge in [0.05, 0.1) is 5.69 Å². The molecule has 2 aromatic carbocycles. The number of amides is 1. The number of carboxylic acids is 1. The molecule has 1 aliphatic heterocycles. The van der Waals surface area contributed by atoms with Gasteiger partial charge in [-0.2, -0.15) is 0 Å². The van der Waals surface area contributed by atoms with Gasteiger partial charge in [0.25, 0.3) is 0 Å². The fourth-order valence-corrected chi connectivity index (χ4v) is 4.86. The van der Waals surface area contributed by atoms with Gasteiger partial charge in [-0.15, -0.1) is 11.3 Å². The Morgan fingerprint density at radius 2 is 1.96 bits per heavy atom. The van der Waals surface area contributed by atoms with Crippen LogP contribution in [0.2, 0.25) is 5.02 Å². The van der Waals surface area contributed by atoms with Gasteiger partial charge < -0.3 is 10.4 Å². The van der Waals surface area contributed by atoms with Crippen LogP contribution in [-0.4, -0.2) is 17.0 Å². The third-order valence-corrected chi connectivity index (χ3v) is 6.22. The highest BCUT2D eigenvalue weighted by Gasteiger charge is 2.34. The largest absolute Gasteiger partial charge is 0.477 e. The Bertz CT molecular complexity index is 1060. The summed E-state index contributed by atoms with van der Waals surface area (Å²) in [5, 5.41) is 13.2. The average Bonchev–Trinajstić information content (AvgIpc) is 3.01. The quantitative estimate of drug-likeness (QED) is 0.608. The lowest BCUT2D eigenvalue weighted by Gasteiger charge is -2.24. The van der Waals surface area contributed by atoms with Crippen molar-refractivity contribution >= 4 is 40.5 Å². The van der Waals surface area contributed by atoms with Gasteiger partial charge in [0.1, 0.15) is 4.88 Å². The number of carboxylic acid groups (broad SMARTS) is 1. The molecule has 1 atom stereocenters. The first-order chi connectivity index (χ1) is 12.9. The van der Waals surface area contributed by atoms with Crippen molar-refractivity contribution in [2.45, 2.75) is 19.3 Å². The summed E-state index contributed by atoms with van der Waals surface area (Å²) >= 11 is 7.21. The van der Waals surface area contributed by atoms with Crippen LogP contribution < -0.4 is 5.32 Å². The minimum Gasteiger partial charge on any atom is -0.477 e. The molecular weight excluding hydrogens is 382 g/mol. The lowest BCUT2D eigenvalue weighted by molar-refractivity contribution is -0.116. The van der Waals surface area contributed by atoms with Crippen LogP contribution in [-0.2, 0) is 4.79 Å². The second-order valence-corrected chi connectivity index (χ2v) is 8.07. The molecule has 0 bridgehead atoms. The highest BCUT2D eigenvalue weighted by atomic mass is 35.5. The maximum atomic E-state index is 12.4. The van der Waals surface area contributed by atoms with E-state index in [2.05, 4.69) is 11.4 Å². The fraction of sp³-hybridized carbons (Fsp3) is 0.143. The van der Waals surface area contributed by atoms with Crippen LogP contribution >= 0.6 is 22.9 Å². The molecule has 27 heavy (non-hydrogen) atoms. The van der Waals surface area contributed by atoms with E-state index in [9.17, 15) is 14.7 Å². The van der Waals surface area contributed by atoms with Crippen molar-refractivity contribution in [3.05, 3.63) is 74.4 Å². The van der Waals surface area contributed by atoms with Gasteiger partial charge in [-0.3, -0.25) is 4.79 Å². The van der Waals surface area contributed by atoms with Crippen LogP contribution in [0.15, 0.2) is 48.5 Å². The Hall–Kier alpha value is -2.63. The first kappa shape index (κ1) is 17.8. The van der Waals surface area contributed by atoms with Crippen LogP contribution in [0.4, 0.5) is 5.69 Å². The molecule has 0 unspecified atom stereocenters. The van der Waals surface area contributed by atoms with E-state index in [-0.39, 0.29) is 16.7 Å². The van der Waals surface area contributed by atoms with Gasteiger partial charge in [0, 0.05) is 27.8 Å². The minimum absolute atomic E-state index is 0.112. The molecule has 2 N–H and O–H groups in total. The highest BCUT2D eigenvalue weighted by Crippen LogP contribution is 2.49. The maximum absolute atomic E-state index is 12.4. The molecule has 0 fully saturated rings. The fourth-order valence-electron chi connectivity index (χ4n) is 3.49. The zero-order chi connectivity index (χ0) is 19.1. The molecule has 0 saturated carbocycles. The van der Waals surface area contributed by atoms with Gasteiger partial charge in [-0.1, -0.05) is 53.6 Å². The Morgan fingerprint density at radius 1 is 1.22 bits per heavy atom. The predicted octanol–water partition coefficient (Wildman–Crippen LogP) is 5.55. The van der Waals surface area contributed by atoms with E-state index in [4.69, 9.17) is 11.6 Å². The molecule has 1 aliphatic rings. The first-order valence-corrected chi connectivity index (χ1v) is 9.66. The van der Waals surface area contributed by atoms with E-state index in [1.165, 1.54) is 11.3 Å². The normalized spacial score (nSPS) is 15.9. The van der Waals surface area contributed by atoms with E-state index < -0.39 is 5.97 Å². The minimum atomic E-state index is -1.00. The summed E-state index contributed by atoms with van der Waals surface area (Å²) < 4.78 is 0. The molecule has 1 aromatic heterocycles. The van der Waals surface area contributed by atoms with Gasteiger partial charge in [0.2, 0.25) is 5.91 Å². The van der Waals surface area contributed by atoms with Crippen molar-refractivity contribution < 1.29 is 14.7 Å². The first-order valence-electron chi connectivity index (χ1n) is 8.46. The zero-order valence-electron chi connectivity index (χ0n) is 14.5. The van der Waals surface area contributed by atoms with Crippen molar-refractivity contribution in [1.82, 2.24) is 0 Å². The molecule has 3 aromatic rings. The Labute approximate surface area is 165 Å². The SMILES string of the molecule is Cc1cccc([C@@H]2CC(=O)Nc3c2sc(C(=O)O)c3-c2ccc(Cl)cc2)c1. The summed E-state index contributed by atoms with van der Waals surface area (Å²) in [6.07, 6.45) is 0.302. The number of hydrogen-bond donors (Lipinski definition) is 2. The smallest absolute Gasteiger partial charge is 0.346 e. The summed E-state index contributed by atoms with van der Waals surface area (Å²) in [4.78, 5) is 25.5. The summed E-state index contributed by atoms with van der Waals surface area (Å²) in [7, 11) is 0. The van der Waals surface area contributed by atoms with E-state index in [0.29, 0.717) is 22.7 Å². The third kappa shape index (κ3) is 3.24. The number of nitrogens with one attached hydrogen (secondary N) is 1. The second kappa shape index (κ2) is 6.83. The molecule has 6 heteroatoms. The van der Waals surface area contributed by atoms with E-state index in [0.717, 1.165) is 21.6 Å². The van der Waals surface area contributed by atoms with Crippen LogP contribution in [0, 0.1) is 6.92 Å². The molecular formula is C21H16ClNO3S. The Kier molecular flexibility index (Phi) is 4.50. The number of carbonyl (C=O) groups is 2. The summed E-state index contributed by atoms with van der Waals surface area (Å²) in [6.45, 7) is 2.00. The second-order valence-electron chi connectivity index (χ2n) is 6.58. The maximum Gasteiger partial charge on any atom is 0.346 e. The van der Waals surface area contributed by atoms with Crippen molar-refractivity contribution in [2.24, 2.45) is 0 Å². The number of thiophene rings is 1. The standard InChI is InChI=1S/C21H16ClNO3S/c1-11-3-2-4-13(9-11)15-10-16(24)23-18-17(12-5-7-14(22)8-6-12)20(21(25)26)27-19(15)18/h2-9,15H,10H2,1H3,(H,23,24)(H,25,26)/t15-/m0/s1. The molecule has 136 valence electrons. The molecule has 0 radical (unpaired) electrons. The van der Waals surface area contributed by atoms with Crippen LogP contribution in [0.3, 0.4) is 0 Å². The lowest BCUT2D eigenvalue weighted by Crippen LogP contribution is -2.22. The lowest BCUT2D eigenvalue weighted by atomic mass is 9.88. The molecule has 4 nitrogen and oxygen atoms in total. The van der Waals surface area contributed by atoms with Gasteiger partial charge >= 0.3 is 5.97 Å². The van der Waals surface area contributed by atoms with Crippen molar-refractivity contribution in [1.29, 1.82) is 0 Å². The Morgan fingerprint density at radius 3 is 2.63 bits per heavy atom. The highest BCUT2D eigenvalue weighted by molar-refractivity contribution is 7.15. The number of halogens is 1. The monoisotopic (exact) mass is 397 g/mol. The number of anilines is 1. The third-order valence-electron chi connectivity index (χ3n) is 4.68.